The van der Waals surface area contributed by atoms with E-state index in [0.717, 1.165) is 0 Å². The number of thiazole rings is 1. The summed E-state index contributed by atoms with van der Waals surface area (Å²) in [6.45, 7) is 1.95. The molecule has 9 heteroatoms. The smallest absolute Gasteiger partial charge is 0.256 e. The van der Waals surface area contributed by atoms with Crippen LogP contribution in [0.2, 0.25) is 0 Å². The average molecular weight is 396 g/mol. The highest BCUT2D eigenvalue weighted by Crippen LogP contribution is 2.33. The highest BCUT2D eigenvalue weighted by Gasteiger charge is 2.19. The largest absolute Gasteiger partial charge is 0.454 e. The molecule has 1 aliphatic rings. The molecule has 0 atom stereocenters. The number of carbonyl (C=O) groups is 1. The van der Waals surface area contributed by atoms with Crippen LogP contribution in [0.3, 0.4) is 0 Å². The van der Waals surface area contributed by atoms with Gasteiger partial charge in [-0.05, 0) is 37.3 Å². The van der Waals surface area contributed by atoms with Crippen LogP contribution in [0.4, 0.5) is 10.2 Å². The maximum absolute atomic E-state index is 14.0. The fourth-order valence-corrected chi connectivity index (χ4v) is 3.90. The van der Waals surface area contributed by atoms with Crippen LogP contribution in [0.25, 0.3) is 15.3 Å². The molecule has 0 saturated carbocycles. The monoisotopic (exact) mass is 396 g/mol. The van der Waals surface area contributed by atoms with Gasteiger partial charge in [0, 0.05) is 11.6 Å². The second-order valence-electron chi connectivity index (χ2n) is 6.19. The molecule has 5 rings (SSSR count). The topological polar surface area (TPSA) is 78.3 Å². The second kappa shape index (κ2) is 6.31. The predicted molar refractivity (Wildman–Crippen MR) is 102 cm³/mol. The summed E-state index contributed by atoms with van der Waals surface area (Å²) in [7, 11) is 0. The van der Waals surface area contributed by atoms with Crippen LogP contribution < -0.4 is 14.8 Å². The number of carbonyl (C=O) groups excluding carboxylic acids is 1. The summed E-state index contributed by atoms with van der Waals surface area (Å²) in [5, 5.41) is 7.69. The highest BCUT2D eigenvalue weighted by molar-refractivity contribution is 7.20. The van der Waals surface area contributed by atoms with Crippen molar-refractivity contribution in [3.63, 3.8) is 0 Å². The molecule has 0 aliphatic carbocycles. The lowest BCUT2D eigenvalue weighted by atomic mass is 10.2. The quantitative estimate of drug-likeness (QED) is 0.568. The molecule has 2 aromatic carbocycles. The minimum absolute atomic E-state index is 0.139. The van der Waals surface area contributed by atoms with Gasteiger partial charge in [0.15, 0.2) is 11.5 Å². The number of nitrogens with one attached hydrogen (secondary N) is 1. The molecule has 2 aromatic heterocycles. The molecule has 1 N–H and O–H groups in total. The second-order valence-corrected chi connectivity index (χ2v) is 7.20. The Labute approximate surface area is 162 Å². The summed E-state index contributed by atoms with van der Waals surface area (Å²) in [5.41, 5.74) is 1.40. The van der Waals surface area contributed by atoms with Crippen molar-refractivity contribution in [1.82, 2.24) is 14.8 Å². The van der Waals surface area contributed by atoms with Gasteiger partial charge in [0.1, 0.15) is 17.2 Å². The number of amides is 1. The van der Waals surface area contributed by atoms with Crippen LogP contribution >= 0.6 is 11.3 Å². The average Bonchev–Trinajstić information content (AvgIpc) is 3.39. The summed E-state index contributed by atoms with van der Waals surface area (Å²) in [5.74, 6) is 0.856. The van der Waals surface area contributed by atoms with Gasteiger partial charge < -0.3 is 14.8 Å². The van der Waals surface area contributed by atoms with Gasteiger partial charge in [0.05, 0.1) is 10.4 Å². The SMILES string of the molecule is Cc1cc(NC(=O)c2ccc3c(c2)OCO3)n(-c2nc3c(F)cccc3s2)n1. The molecule has 0 spiro atoms. The number of hydrogen-bond donors (Lipinski definition) is 1. The molecule has 0 unspecified atom stereocenters. The third-order valence-electron chi connectivity index (χ3n) is 4.25. The van der Waals surface area contributed by atoms with E-state index in [9.17, 15) is 9.18 Å². The third-order valence-corrected chi connectivity index (χ3v) is 5.24. The molecule has 140 valence electrons. The molecule has 0 bridgehead atoms. The number of fused-ring (bicyclic) bond motifs is 2. The van der Waals surface area contributed by atoms with Gasteiger partial charge in [0.2, 0.25) is 11.9 Å². The first-order valence-corrected chi connectivity index (χ1v) is 9.23. The lowest BCUT2D eigenvalue weighted by molar-refractivity contribution is 0.102. The maximum Gasteiger partial charge on any atom is 0.256 e. The predicted octanol–water partition coefficient (Wildman–Crippen LogP) is 3.91. The van der Waals surface area contributed by atoms with Gasteiger partial charge in [0.25, 0.3) is 5.91 Å². The van der Waals surface area contributed by atoms with E-state index in [1.807, 2.05) is 0 Å². The normalized spacial score (nSPS) is 12.5. The van der Waals surface area contributed by atoms with Crippen molar-refractivity contribution in [1.29, 1.82) is 0 Å². The maximum atomic E-state index is 14.0. The van der Waals surface area contributed by atoms with Gasteiger partial charge in [-0.15, -0.1) is 0 Å². The fourth-order valence-electron chi connectivity index (χ4n) is 2.95. The highest BCUT2D eigenvalue weighted by atomic mass is 32.1. The summed E-state index contributed by atoms with van der Waals surface area (Å²) in [6, 6.07) is 11.5. The van der Waals surface area contributed by atoms with Gasteiger partial charge in [-0.3, -0.25) is 4.79 Å². The molecule has 0 fully saturated rings. The van der Waals surface area contributed by atoms with Crippen LogP contribution in [0.15, 0.2) is 42.5 Å². The van der Waals surface area contributed by atoms with Crippen LogP contribution in [0.1, 0.15) is 16.1 Å². The lowest BCUT2D eigenvalue weighted by Crippen LogP contribution is -2.15. The van der Waals surface area contributed by atoms with Crippen molar-refractivity contribution in [2.45, 2.75) is 6.92 Å². The van der Waals surface area contributed by atoms with Gasteiger partial charge >= 0.3 is 0 Å². The molecule has 0 saturated heterocycles. The van der Waals surface area contributed by atoms with E-state index in [1.165, 1.54) is 22.1 Å². The van der Waals surface area contributed by atoms with Crippen molar-refractivity contribution in [2.24, 2.45) is 0 Å². The van der Waals surface area contributed by atoms with E-state index in [-0.39, 0.29) is 18.2 Å². The van der Waals surface area contributed by atoms with E-state index in [2.05, 4.69) is 15.4 Å². The van der Waals surface area contributed by atoms with Crippen LogP contribution in [-0.4, -0.2) is 27.5 Å². The Hall–Kier alpha value is -3.46. The zero-order valence-corrected chi connectivity index (χ0v) is 15.4. The van der Waals surface area contributed by atoms with E-state index < -0.39 is 5.82 Å². The molecule has 4 aromatic rings. The molecular formula is C19H13FN4O3S. The minimum atomic E-state index is -0.394. The number of hydrogen-bond acceptors (Lipinski definition) is 6. The van der Waals surface area contributed by atoms with Crippen LogP contribution in [0, 0.1) is 12.7 Å². The third kappa shape index (κ3) is 2.76. The van der Waals surface area contributed by atoms with Crippen molar-refractivity contribution in [2.75, 3.05) is 12.1 Å². The molecule has 28 heavy (non-hydrogen) atoms. The van der Waals surface area contributed by atoms with E-state index in [0.29, 0.717) is 38.4 Å². The number of nitrogens with zero attached hydrogens (tertiary/aromatic N) is 3. The first-order valence-electron chi connectivity index (χ1n) is 8.41. The first-order chi connectivity index (χ1) is 13.6. The number of anilines is 1. The van der Waals surface area contributed by atoms with E-state index in [4.69, 9.17) is 9.47 Å². The fraction of sp³-hybridized carbons (Fsp3) is 0.105. The number of aromatic nitrogens is 3. The van der Waals surface area contributed by atoms with Crippen LogP contribution in [-0.2, 0) is 0 Å². The summed E-state index contributed by atoms with van der Waals surface area (Å²) < 4.78 is 26.8. The van der Waals surface area contributed by atoms with Crippen molar-refractivity contribution < 1.29 is 18.7 Å². The Morgan fingerprint density at radius 1 is 1.21 bits per heavy atom. The number of ether oxygens (including phenoxy) is 2. The van der Waals surface area contributed by atoms with E-state index in [1.54, 1.807) is 43.3 Å². The molecule has 1 amide bonds. The zero-order valence-electron chi connectivity index (χ0n) is 14.6. The van der Waals surface area contributed by atoms with Crippen LogP contribution in [0.5, 0.6) is 11.5 Å². The summed E-state index contributed by atoms with van der Waals surface area (Å²) >= 11 is 1.29. The number of rotatable bonds is 3. The molecular weight excluding hydrogens is 383 g/mol. The standard InChI is InChI=1S/C19H13FN4O3S/c1-10-7-16(21-18(25)11-5-6-13-14(8-11)27-9-26-13)24(23-10)19-22-17-12(20)3-2-4-15(17)28-19/h2-8H,9H2,1H3,(H,21,25). The Morgan fingerprint density at radius 2 is 2.07 bits per heavy atom. The van der Waals surface area contributed by atoms with Crippen molar-refractivity contribution in [3.05, 3.63) is 59.5 Å². The lowest BCUT2D eigenvalue weighted by Gasteiger charge is -2.07. The molecule has 7 nitrogen and oxygen atoms in total. The van der Waals surface area contributed by atoms with Crippen molar-refractivity contribution >= 4 is 33.3 Å². The number of para-hydroxylation sites is 1. The molecule has 3 heterocycles. The van der Waals surface area contributed by atoms with Gasteiger partial charge in [-0.2, -0.15) is 9.78 Å². The number of benzene rings is 2. The number of aryl methyl sites for hydroxylation is 1. The summed E-state index contributed by atoms with van der Waals surface area (Å²) in [6.07, 6.45) is 0. The molecule has 1 aliphatic heterocycles. The Morgan fingerprint density at radius 3 is 2.93 bits per heavy atom. The Balaban J connectivity index is 1.49. The van der Waals surface area contributed by atoms with Gasteiger partial charge in [-0.1, -0.05) is 17.4 Å². The van der Waals surface area contributed by atoms with E-state index >= 15 is 0 Å². The molecule has 0 radical (unpaired) electrons. The Bertz CT molecular complexity index is 1230. The first kappa shape index (κ1) is 16.7. The minimum Gasteiger partial charge on any atom is -0.454 e. The Kier molecular flexibility index (Phi) is 3.76. The number of halogens is 1. The zero-order chi connectivity index (χ0) is 19.3. The summed E-state index contributed by atoms with van der Waals surface area (Å²) in [4.78, 5) is 17.0. The van der Waals surface area contributed by atoms with Crippen molar-refractivity contribution in [3.8, 4) is 16.6 Å². The van der Waals surface area contributed by atoms with Gasteiger partial charge in [-0.25, -0.2) is 9.37 Å².